The Morgan fingerprint density at radius 1 is 1.12 bits per heavy atom. The number of hydrogen-bond acceptors (Lipinski definition) is 4. The number of amides is 2. The van der Waals surface area contributed by atoms with Gasteiger partial charge in [-0.15, -0.1) is 0 Å². The van der Waals surface area contributed by atoms with Crippen LogP contribution in [-0.2, 0) is 4.74 Å². The van der Waals surface area contributed by atoms with Gasteiger partial charge in [0.1, 0.15) is 0 Å². The molecule has 2 aliphatic rings. The summed E-state index contributed by atoms with van der Waals surface area (Å²) in [5, 5.41) is 12.0. The van der Waals surface area contributed by atoms with E-state index in [4.69, 9.17) is 10.00 Å². The number of benzene rings is 2. The number of nitrogens with one attached hydrogen (secondary N) is 1. The van der Waals surface area contributed by atoms with Crippen LogP contribution < -0.4 is 5.32 Å². The fraction of sp³-hybridized carbons (Fsp3) is 0.423. The molecule has 166 valence electrons. The van der Waals surface area contributed by atoms with Gasteiger partial charge in [0.05, 0.1) is 18.2 Å². The van der Waals surface area contributed by atoms with Crippen molar-refractivity contribution in [3.63, 3.8) is 0 Å². The molecule has 6 heteroatoms. The van der Waals surface area contributed by atoms with Crippen LogP contribution in [0.3, 0.4) is 0 Å². The minimum Gasteiger partial charge on any atom is -0.381 e. The molecule has 2 saturated heterocycles. The summed E-state index contributed by atoms with van der Waals surface area (Å²) in [6, 6.07) is 15.3. The summed E-state index contributed by atoms with van der Waals surface area (Å²) in [4.78, 5) is 27.7. The molecule has 0 aliphatic carbocycles. The standard InChI is InChI=1S/C26H29N3O3/c1-18-2-5-23(14-24(18)25(30)28-16-20-10-13-32-17-20)26(31)29-11-8-22(9-12-29)21-6-3-19(15-27)4-7-21/h2-7,14,20,22H,8-13,16-17H2,1H3,(H,28,30). The lowest BCUT2D eigenvalue weighted by Gasteiger charge is -2.32. The molecule has 2 heterocycles. The number of rotatable bonds is 5. The molecule has 6 nitrogen and oxygen atoms in total. The van der Waals surface area contributed by atoms with Gasteiger partial charge in [-0.25, -0.2) is 0 Å². The molecule has 1 unspecified atom stereocenters. The van der Waals surface area contributed by atoms with Crippen LogP contribution in [0.4, 0.5) is 0 Å². The Kier molecular flexibility index (Phi) is 6.87. The SMILES string of the molecule is Cc1ccc(C(=O)N2CCC(c3ccc(C#N)cc3)CC2)cc1C(=O)NCC1CCOC1. The zero-order valence-electron chi connectivity index (χ0n) is 18.5. The fourth-order valence-corrected chi connectivity index (χ4v) is 4.50. The number of likely N-dealkylation sites (tertiary alicyclic amines) is 1. The normalized spacial score (nSPS) is 18.9. The lowest BCUT2D eigenvalue weighted by molar-refractivity contribution is 0.0713. The number of aryl methyl sites for hydroxylation is 1. The number of nitriles is 1. The molecule has 2 fully saturated rings. The van der Waals surface area contributed by atoms with Gasteiger partial charge in [-0.05, 0) is 67.5 Å². The van der Waals surface area contributed by atoms with Gasteiger partial charge in [0.25, 0.3) is 11.8 Å². The molecule has 2 amide bonds. The average Bonchev–Trinajstić information content (AvgIpc) is 3.36. The van der Waals surface area contributed by atoms with Crippen LogP contribution in [0.25, 0.3) is 0 Å². The smallest absolute Gasteiger partial charge is 0.253 e. The number of carbonyl (C=O) groups is 2. The molecule has 0 saturated carbocycles. The second kappa shape index (κ2) is 9.97. The average molecular weight is 432 g/mol. The van der Waals surface area contributed by atoms with Gasteiger partial charge < -0.3 is 15.0 Å². The molecule has 4 rings (SSSR count). The van der Waals surface area contributed by atoms with Gasteiger partial charge in [-0.1, -0.05) is 18.2 Å². The lowest BCUT2D eigenvalue weighted by atomic mass is 9.88. The lowest BCUT2D eigenvalue weighted by Crippen LogP contribution is -2.38. The molecular formula is C26H29N3O3. The minimum atomic E-state index is -0.136. The van der Waals surface area contributed by atoms with E-state index in [0.717, 1.165) is 31.4 Å². The van der Waals surface area contributed by atoms with E-state index in [0.29, 0.717) is 54.8 Å². The second-order valence-corrected chi connectivity index (χ2v) is 8.77. The van der Waals surface area contributed by atoms with Gasteiger partial charge in [0, 0.05) is 43.3 Å². The van der Waals surface area contributed by atoms with Crippen LogP contribution in [0.5, 0.6) is 0 Å². The van der Waals surface area contributed by atoms with E-state index >= 15 is 0 Å². The molecule has 0 radical (unpaired) electrons. The van der Waals surface area contributed by atoms with Crippen LogP contribution in [-0.4, -0.2) is 49.6 Å². The van der Waals surface area contributed by atoms with Crippen molar-refractivity contribution in [3.05, 3.63) is 70.3 Å². The monoisotopic (exact) mass is 431 g/mol. The highest BCUT2D eigenvalue weighted by molar-refractivity contribution is 6.00. The first kappa shape index (κ1) is 22.0. The summed E-state index contributed by atoms with van der Waals surface area (Å²) in [5.41, 5.74) is 3.86. The molecular weight excluding hydrogens is 402 g/mol. The van der Waals surface area contributed by atoms with E-state index in [1.54, 1.807) is 6.07 Å². The maximum atomic E-state index is 13.1. The highest BCUT2D eigenvalue weighted by Crippen LogP contribution is 2.29. The summed E-state index contributed by atoms with van der Waals surface area (Å²) >= 11 is 0. The molecule has 32 heavy (non-hydrogen) atoms. The van der Waals surface area contributed by atoms with Crippen LogP contribution in [0.1, 0.15) is 62.6 Å². The summed E-state index contributed by atoms with van der Waals surface area (Å²) in [6.45, 7) is 5.30. The Bertz CT molecular complexity index is 1010. The van der Waals surface area contributed by atoms with Crippen molar-refractivity contribution in [2.75, 3.05) is 32.8 Å². The van der Waals surface area contributed by atoms with Crippen molar-refractivity contribution >= 4 is 11.8 Å². The van der Waals surface area contributed by atoms with E-state index in [1.165, 1.54) is 5.56 Å². The maximum Gasteiger partial charge on any atom is 0.253 e. The molecule has 1 N–H and O–H groups in total. The van der Waals surface area contributed by atoms with Crippen molar-refractivity contribution in [1.82, 2.24) is 10.2 Å². The zero-order chi connectivity index (χ0) is 22.5. The van der Waals surface area contributed by atoms with Crippen LogP contribution in [0.2, 0.25) is 0 Å². The topological polar surface area (TPSA) is 82.4 Å². The minimum absolute atomic E-state index is 0.0264. The molecule has 0 bridgehead atoms. The third kappa shape index (κ3) is 5.00. The van der Waals surface area contributed by atoms with Crippen molar-refractivity contribution in [2.45, 2.75) is 32.1 Å². The first-order valence-corrected chi connectivity index (χ1v) is 11.3. The van der Waals surface area contributed by atoms with E-state index in [2.05, 4.69) is 11.4 Å². The highest BCUT2D eigenvalue weighted by atomic mass is 16.5. The number of piperidine rings is 1. The summed E-state index contributed by atoms with van der Waals surface area (Å²) in [5.74, 6) is 0.595. The van der Waals surface area contributed by atoms with Crippen LogP contribution in [0, 0.1) is 24.2 Å². The van der Waals surface area contributed by atoms with E-state index in [9.17, 15) is 9.59 Å². The quantitative estimate of drug-likeness (QED) is 0.783. The van der Waals surface area contributed by atoms with Gasteiger partial charge in [0.15, 0.2) is 0 Å². The summed E-state index contributed by atoms with van der Waals surface area (Å²) in [7, 11) is 0. The molecule has 2 aromatic carbocycles. The highest BCUT2D eigenvalue weighted by Gasteiger charge is 2.25. The van der Waals surface area contributed by atoms with Crippen molar-refractivity contribution < 1.29 is 14.3 Å². The number of ether oxygens (including phenoxy) is 1. The van der Waals surface area contributed by atoms with Gasteiger partial charge >= 0.3 is 0 Å². The van der Waals surface area contributed by atoms with Gasteiger partial charge in [0.2, 0.25) is 0 Å². The zero-order valence-corrected chi connectivity index (χ0v) is 18.5. The largest absolute Gasteiger partial charge is 0.381 e. The van der Waals surface area contributed by atoms with E-state index in [1.807, 2.05) is 48.2 Å². The third-order valence-electron chi connectivity index (χ3n) is 6.60. The number of hydrogen-bond donors (Lipinski definition) is 1. The Balaban J connectivity index is 1.37. The maximum absolute atomic E-state index is 13.1. The molecule has 1 atom stereocenters. The van der Waals surface area contributed by atoms with Crippen molar-refractivity contribution in [1.29, 1.82) is 5.26 Å². The van der Waals surface area contributed by atoms with Crippen molar-refractivity contribution in [2.24, 2.45) is 5.92 Å². The van der Waals surface area contributed by atoms with Gasteiger partial charge in [-0.2, -0.15) is 5.26 Å². The Morgan fingerprint density at radius 2 is 1.88 bits per heavy atom. The molecule has 2 aromatic rings. The predicted molar refractivity (Wildman–Crippen MR) is 121 cm³/mol. The Hall–Kier alpha value is -3.17. The number of nitrogens with zero attached hydrogens (tertiary/aromatic N) is 2. The van der Waals surface area contributed by atoms with E-state index in [-0.39, 0.29) is 11.8 Å². The predicted octanol–water partition coefficient (Wildman–Crippen LogP) is 3.65. The number of carbonyl (C=O) groups excluding carboxylic acids is 2. The Labute approximate surface area is 189 Å². The summed E-state index contributed by atoms with van der Waals surface area (Å²) in [6.07, 6.45) is 2.75. The fourth-order valence-electron chi connectivity index (χ4n) is 4.50. The molecule has 0 spiro atoms. The molecule has 0 aromatic heterocycles. The van der Waals surface area contributed by atoms with Crippen LogP contribution in [0.15, 0.2) is 42.5 Å². The Morgan fingerprint density at radius 3 is 2.53 bits per heavy atom. The third-order valence-corrected chi connectivity index (χ3v) is 6.60. The van der Waals surface area contributed by atoms with E-state index < -0.39 is 0 Å². The second-order valence-electron chi connectivity index (χ2n) is 8.77. The van der Waals surface area contributed by atoms with Gasteiger partial charge in [-0.3, -0.25) is 9.59 Å². The molecule has 2 aliphatic heterocycles. The van der Waals surface area contributed by atoms with Crippen LogP contribution >= 0.6 is 0 Å². The first-order valence-electron chi connectivity index (χ1n) is 11.3. The summed E-state index contributed by atoms with van der Waals surface area (Å²) < 4.78 is 5.37. The first-order chi connectivity index (χ1) is 15.5. The van der Waals surface area contributed by atoms with Crippen molar-refractivity contribution in [3.8, 4) is 6.07 Å².